The first-order chi connectivity index (χ1) is 15.1. The molecule has 4 nitrogen and oxygen atoms in total. The van der Waals surface area contributed by atoms with Crippen LogP contribution >= 0.6 is 23.2 Å². The van der Waals surface area contributed by atoms with Crippen LogP contribution in [0.15, 0.2) is 85.1 Å². The quantitative estimate of drug-likeness (QED) is 0.372. The monoisotopic (exact) mass is 449 g/mol. The van der Waals surface area contributed by atoms with Gasteiger partial charge in [-0.25, -0.2) is 9.97 Å². The molecule has 0 aliphatic rings. The van der Waals surface area contributed by atoms with Gasteiger partial charge in [0.15, 0.2) is 0 Å². The highest BCUT2D eigenvalue weighted by Crippen LogP contribution is 2.31. The number of halogens is 2. The molecule has 4 aromatic rings. The number of nitrogens with zero attached hydrogens (tertiary/aromatic N) is 2. The largest absolute Gasteiger partial charge is 0.475 e. The molecule has 0 spiro atoms. The summed E-state index contributed by atoms with van der Waals surface area (Å²) in [6, 6.07) is 24.9. The summed E-state index contributed by atoms with van der Waals surface area (Å²) < 4.78 is 5.89. The molecule has 2 N–H and O–H groups in total. The van der Waals surface area contributed by atoms with Crippen LogP contribution in [0.4, 0.5) is 0 Å². The third-order valence-corrected chi connectivity index (χ3v) is 5.28. The Morgan fingerprint density at radius 3 is 1.97 bits per heavy atom. The second-order valence-electron chi connectivity index (χ2n) is 7.18. The molecule has 1 aromatic heterocycles. The number of hydrogen-bond acceptors (Lipinski definition) is 4. The maximum absolute atomic E-state index is 6.25. The molecule has 3 aromatic carbocycles. The number of nitrogens with two attached hydrogens (primary N) is 1. The van der Waals surface area contributed by atoms with E-state index in [0.717, 1.165) is 23.2 Å². The van der Waals surface area contributed by atoms with Crippen molar-refractivity contribution in [2.24, 2.45) is 5.73 Å². The number of rotatable bonds is 7. The Kier molecular flexibility index (Phi) is 6.82. The first-order valence-corrected chi connectivity index (χ1v) is 10.7. The van der Waals surface area contributed by atoms with Crippen molar-refractivity contribution in [2.45, 2.75) is 12.5 Å². The second-order valence-corrected chi connectivity index (χ2v) is 8.05. The van der Waals surface area contributed by atoms with Crippen LogP contribution in [0.5, 0.6) is 5.88 Å². The molecule has 31 heavy (non-hydrogen) atoms. The van der Waals surface area contributed by atoms with Gasteiger partial charge in [0, 0.05) is 27.2 Å². The van der Waals surface area contributed by atoms with Gasteiger partial charge in [-0.2, -0.15) is 0 Å². The van der Waals surface area contributed by atoms with Crippen molar-refractivity contribution < 1.29 is 4.74 Å². The van der Waals surface area contributed by atoms with E-state index in [9.17, 15) is 0 Å². The van der Waals surface area contributed by atoms with Crippen molar-refractivity contribution in [3.05, 3.63) is 101 Å². The van der Waals surface area contributed by atoms with Crippen LogP contribution in [-0.2, 0) is 6.42 Å². The Morgan fingerprint density at radius 1 is 0.774 bits per heavy atom. The van der Waals surface area contributed by atoms with E-state index in [4.69, 9.17) is 38.7 Å². The van der Waals surface area contributed by atoms with Crippen molar-refractivity contribution in [2.75, 3.05) is 6.61 Å². The zero-order chi connectivity index (χ0) is 21.6. The number of hydrogen-bond donors (Lipinski definition) is 1. The maximum atomic E-state index is 6.25. The van der Waals surface area contributed by atoms with Crippen LogP contribution in [0.1, 0.15) is 5.56 Å². The van der Waals surface area contributed by atoms with Crippen LogP contribution in [-0.4, -0.2) is 22.6 Å². The summed E-state index contributed by atoms with van der Waals surface area (Å²) >= 11 is 12.1. The molecule has 156 valence electrons. The molecule has 0 saturated carbocycles. The fraction of sp³-hybridized carbons (Fsp3) is 0.120. The van der Waals surface area contributed by atoms with Gasteiger partial charge < -0.3 is 10.5 Å². The van der Waals surface area contributed by atoms with Crippen molar-refractivity contribution in [1.29, 1.82) is 0 Å². The lowest BCUT2D eigenvalue weighted by Crippen LogP contribution is -2.30. The Morgan fingerprint density at radius 2 is 1.35 bits per heavy atom. The molecule has 1 heterocycles. The average Bonchev–Trinajstić information content (AvgIpc) is 2.79. The van der Waals surface area contributed by atoms with E-state index in [1.807, 2.05) is 66.7 Å². The van der Waals surface area contributed by atoms with Gasteiger partial charge in [0.05, 0.1) is 11.9 Å². The Labute approximate surface area is 191 Å². The zero-order valence-electron chi connectivity index (χ0n) is 16.7. The van der Waals surface area contributed by atoms with E-state index in [-0.39, 0.29) is 6.04 Å². The van der Waals surface area contributed by atoms with Crippen molar-refractivity contribution in [1.82, 2.24) is 9.97 Å². The molecule has 0 amide bonds. The van der Waals surface area contributed by atoms with Gasteiger partial charge in [-0.3, -0.25) is 0 Å². The van der Waals surface area contributed by atoms with Gasteiger partial charge in [-0.1, -0.05) is 77.8 Å². The van der Waals surface area contributed by atoms with E-state index in [1.54, 1.807) is 6.20 Å². The van der Waals surface area contributed by atoms with Gasteiger partial charge >= 0.3 is 0 Å². The Hall–Kier alpha value is -2.92. The molecule has 0 aliphatic heterocycles. The predicted octanol–water partition coefficient (Wildman–Crippen LogP) is 6.07. The highest BCUT2D eigenvalue weighted by molar-refractivity contribution is 6.31. The molecule has 0 radical (unpaired) electrons. The van der Waals surface area contributed by atoms with Gasteiger partial charge in [-0.15, -0.1) is 0 Å². The lowest BCUT2D eigenvalue weighted by molar-refractivity contribution is 0.276. The van der Waals surface area contributed by atoms with E-state index in [1.165, 1.54) is 5.56 Å². The Balaban J connectivity index is 1.58. The second kappa shape index (κ2) is 9.92. The smallest absolute Gasteiger partial charge is 0.232 e. The summed E-state index contributed by atoms with van der Waals surface area (Å²) in [5.74, 6) is 0.422. The maximum Gasteiger partial charge on any atom is 0.232 e. The lowest BCUT2D eigenvalue weighted by Gasteiger charge is -2.15. The summed E-state index contributed by atoms with van der Waals surface area (Å²) in [6.07, 6.45) is 2.35. The van der Waals surface area contributed by atoms with Crippen molar-refractivity contribution >= 4 is 23.2 Å². The predicted molar refractivity (Wildman–Crippen MR) is 127 cm³/mol. The highest BCUT2D eigenvalue weighted by Gasteiger charge is 2.14. The first kappa shape index (κ1) is 21.3. The van der Waals surface area contributed by atoms with E-state index in [2.05, 4.69) is 17.1 Å². The molecule has 0 saturated heterocycles. The van der Waals surface area contributed by atoms with Crippen LogP contribution in [0.2, 0.25) is 10.0 Å². The SMILES string of the molecule is NC(COc1cnc(-c2ccc(Cl)cc2)c(-c2ccc(Cl)cc2)n1)Cc1ccccc1. The summed E-state index contributed by atoms with van der Waals surface area (Å²) in [4.78, 5) is 9.37. The highest BCUT2D eigenvalue weighted by atomic mass is 35.5. The minimum atomic E-state index is -0.154. The van der Waals surface area contributed by atoms with Crippen molar-refractivity contribution in [3.8, 4) is 28.4 Å². The van der Waals surface area contributed by atoms with Gasteiger partial charge in [0.1, 0.15) is 12.3 Å². The Bertz CT molecular complexity index is 1130. The topological polar surface area (TPSA) is 61.0 Å². The van der Waals surface area contributed by atoms with E-state index < -0.39 is 0 Å². The van der Waals surface area contributed by atoms with Gasteiger partial charge in [0.2, 0.25) is 5.88 Å². The molecule has 1 atom stereocenters. The molecule has 0 bridgehead atoms. The molecular weight excluding hydrogens is 429 g/mol. The van der Waals surface area contributed by atoms with Crippen molar-refractivity contribution in [3.63, 3.8) is 0 Å². The molecule has 0 fully saturated rings. The zero-order valence-corrected chi connectivity index (χ0v) is 18.2. The number of benzene rings is 3. The van der Waals surface area contributed by atoms with Crippen LogP contribution in [0.3, 0.4) is 0 Å². The number of ether oxygens (including phenoxy) is 1. The summed E-state index contributed by atoms with van der Waals surface area (Å²) in [7, 11) is 0. The summed E-state index contributed by atoms with van der Waals surface area (Å²) in [6.45, 7) is 0.337. The molecule has 4 rings (SSSR count). The van der Waals surface area contributed by atoms with Gasteiger partial charge in [0.25, 0.3) is 0 Å². The molecular formula is C25H21Cl2N3O. The summed E-state index contributed by atoms with van der Waals surface area (Å²) in [5.41, 5.74) is 10.7. The molecule has 6 heteroatoms. The minimum absolute atomic E-state index is 0.154. The first-order valence-electron chi connectivity index (χ1n) is 9.90. The van der Waals surface area contributed by atoms with E-state index >= 15 is 0 Å². The minimum Gasteiger partial charge on any atom is -0.475 e. The average molecular weight is 450 g/mol. The van der Waals surface area contributed by atoms with Crippen LogP contribution < -0.4 is 10.5 Å². The third-order valence-electron chi connectivity index (χ3n) is 4.77. The summed E-state index contributed by atoms with van der Waals surface area (Å²) in [5, 5.41) is 1.32. The van der Waals surface area contributed by atoms with Gasteiger partial charge in [-0.05, 0) is 36.2 Å². The third kappa shape index (κ3) is 5.61. The fourth-order valence-electron chi connectivity index (χ4n) is 3.24. The number of aromatic nitrogens is 2. The molecule has 1 unspecified atom stereocenters. The van der Waals surface area contributed by atoms with Crippen LogP contribution in [0, 0.1) is 0 Å². The fourth-order valence-corrected chi connectivity index (χ4v) is 3.49. The van der Waals surface area contributed by atoms with E-state index in [0.29, 0.717) is 28.2 Å². The normalized spacial score (nSPS) is 11.8. The standard InChI is InChI=1S/C25H21Cl2N3O/c26-20-10-6-18(7-11-20)24-25(19-8-12-21(27)13-9-19)30-23(15-29-24)31-16-22(28)14-17-4-2-1-3-5-17/h1-13,15,22H,14,16,28H2. The molecule has 0 aliphatic carbocycles. The van der Waals surface area contributed by atoms with Crippen LogP contribution in [0.25, 0.3) is 22.5 Å². The lowest BCUT2D eigenvalue weighted by atomic mass is 10.0.